The highest BCUT2D eigenvalue weighted by Crippen LogP contribution is 2.35. The van der Waals surface area contributed by atoms with Gasteiger partial charge in [0.25, 0.3) is 5.91 Å². The number of rotatable bonds is 6. The number of anilines is 1. The molecule has 1 heterocycles. The Morgan fingerprint density at radius 2 is 1.86 bits per heavy atom. The predicted molar refractivity (Wildman–Crippen MR) is 112 cm³/mol. The summed E-state index contributed by atoms with van der Waals surface area (Å²) in [6, 6.07) is 11.1. The van der Waals surface area contributed by atoms with Gasteiger partial charge >= 0.3 is 0 Å². The third-order valence-electron chi connectivity index (χ3n) is 4.67. The van der Waals surface area contributed by atoms with E-state index >= 15 is 0 Å². The summed E-state index contributed by atoms with van der Waals surface area (Å²) in [4.78, 5) is 12.6. The van der Waals surface area contributed by atoms with Gasteiger partial charge in [0, 0.05) is 0 Å². The molecule has 0 saturated heterocycles. The molecule has 156 valence electrons. The molecule has 7 nitrogen and oxygen atoms in total. The van der Waals surface area contributed by atoms with Gasteiger partial charge in [-0.1, -0.05) is 23.8 Å². The molecule has 0 aromatic heterocycles. The largest absolute Gasteiger partial charge is 0.491 e. The zero-order valence-corrected chi connectivity index (χ0v) is 17.9. The third-order valence-corrected chi connectivity index (χ3v) is 5.81. The number of hydrogen-bond acceptors (Lipinski definition) is 5. The second-order valence-corrected chi connectivity index (χ2v) is 9.19. The molecule has 2 aromatic rings. The molecule has 1 N–H and O–H groups in total. The van der Waals surface area contributed by atoms with Crippen molar-refractivity contribution in [3.63, 3.8) is 0 Å². The maximum atomic E-state index is 12.6. The first kappa shape index (κ1) is 21.0. The van der Waals surface area contributed by atoms with Crippen molar-refractivity contribution in [3.8, 4) is 11.5 Å². The Morgan fingerprint density at radius 3 is 2.55 bits per heavy atom. The second kappa shape index (κ2) is 8.32. The Hall–Kier alpha value is -2.74. The summed E-state index contributed by atoms with van der Waals surface area (Å²) in [5.74, 6) is 0.773. The van der Waals surface area contributed by atoms with Gasteiger partial charge in [-0.05, 0) is 50.1 Å². The van der Waals surface area contributed by atoms with Gasteiger partial charge in [0.15, 0.2) is 6.10 Å². The fourth-order valence-corrected chi connectivity index (χ4v) is 4.14. The van der Waals surface area contributed by atoms with Crippen molar-refractivity contribution in [2.24, 2.45) is 0 Å². The fraction of sp³-hybridized carbons (Fsp3) is 0.381. The van der Waals surface area contributed by atoms with Crippen LogP contribution in [0.3, 0.4) is 0 Å². The molecule has 0 aliphatic carbocycles. The summed E-state index contributed by atoms with van der Waals surface area (Å²) in [5, 5.41) is 2.76. The third kappa shape index (κ3) is 5.00. The van der Waals surface area contributed by atoms with Crippen molar-refractivity contribution < 1.29 is 22.7 Å². The molecule has 0 unspecified atom stereocenters. The van der Waals surface area contributed by atoms with Gasteiger partial charge in [0.1, 0.15) is 18.1 Å². The fourth-order valence-electron chi connectivity index (χ4n) is 3.22. The van der Waals surface area contributed by atoms with Crippen LogP contribution in [-0.4, -0.2) is 46.4 Å². The van der Waals surface area contributed by atoms with Crippen LogP contribution in [0.2, 0.25) is 0 Å². The molecule has 0 spiro atoms. The molecule has 0 saturated carbocycles. The zero-order valence-electron chi connectivity index (χ0n) is 17.1. The lowest BCUT2D eigenvalue weighted by Gasteiger charge is -2.34. The summed E-state index contributed by atoms with van der Waals surface area (Å²) < 4.78 is 37.1. The average molecular weight is 419 g/mol. The van der Waals surface area contributed by atoms with Crippen molar-refractivity contribution in [2.75, 3.05) is 30.3 Å². The van der Waals surface area contributed by atoms with E-state index in [9.17, 15) is 13.2 Å². The first-order chi connectivity index (χ1) is 13.6. The number of amides is 1. The van der Waals surface area contributed by atoms with Gasteiger partial charge in [-0.2, -0.15) is 0 Å². The van der Waals surface area contributed by atoms with Crippen LogP contribution >= 0.6 is 0 Å². The van der Waals surface area contributed by atoms with Crippen LogP contribution in [-0.2, 0) is 14.8 Å². The Labute approximate surface area is 171 Å². The van der Waals surface area contributed by atoms with Gasteiger partial charge < -0.3 is 14.8 Å². The number of aryl methyl sites for hydroxylation is 3. The molecular formula is C21H26N2O5S. The van der Waals surface area contributed by atoms with Crippen LogP contribution in [0.1, 0.15) is 16.7 Å². The Kier molecular flexibility index (Phi) is 6.02. The number of benzene rings is 2. The summed E-state index contributed by atoms with van der Waals surface area (Å²) >= 11 is 0. The molecule has 1 amide bonds. The molecule has 3 rings (SSSR count). The van der Waals surface area contributed by atoms with Crippen LogP contribution in [0.25, 0.3) is 0 Å². The second-order valence-electron chi connectivity index (χ2n) is 7.28. The number of carbonyl (C=O) groups is 1. The van der Waals surface area contributed by atoms with E-state index in [1.807, 2.05) is 45.0 Å². The van der Waals surface area contributed by atoms with E-state index in [1.54, 1.807) is 12.1 Å². The van der Waals surface area contributed by atoms with Crippen LogP contribution in [0.4, 0.5) is 5.69 Å². The minimum Gasteiger partial charge on any atom is -0.491 e. The number of carbonyl (C=O) groups excluding carboxylic acids is 1. The van der Waals surface area contributed by atoms with Crippen molar-refractivity contribution in [1.29, 1.82) is 0 Å². The normalized spacial score (nSPS) is 16.0. The first-order valence-electron chi connectivity index (χ1n) is 9.38. The van der Waals surface area contributed by atoms with Gasteiger partial charge in [-0.3, -0.25) is 9.10 Å². The maximum absolute atomic E-state index is 12.6. The van der Waals surface area contributed by atoms with Crippen molar-refractivity contribution in [1.82, 2.24) is 5.32 Å². The standard InChI is InChI=1S/C21H26N2O5S/c1-14-6-8-18(16(3)11-14)27-10-9-22-21(24)20-13-23(29(4,25)26)17-7-5-15(2)12-19(17)28-20/h5-8,11-12,20H,9-10,13H2,1-4H3,(H,22,24)/t20-/m1/s1. The Morgan fingerprint density at radius 1 is 1.17 bits per heavy atom. The highest BCUT2D eigenvalue weighted by atomic mass is 32.2. The molecule has 0 fully saturated rings. The van der Waals surface area contributed by atoms with E-state index in [4.69, 9.17) is 9.47 Å². The van der Waals surface area contributed by atoms with E-state index in [2.05, 4.69) is 5.32 Å². The highest BCUT2D eigenvalue weighted by Gasteiger charge is 2.34. The van der Waals surface area contributed by atoms with Crippen molar-refractivity contribution in [2.45, 2.75) is 26.9 Å². The highest BCUT2D eigenvalue weighted by molar-refractivity contribution is 7.92. The van der Waals surface area contributed by atoms with E-state index < -0.39 is 16.1 Å². The Balaban J connectivity index is 1.62. The number of hydrogen-bond donors (Lipinski definition) is 1. The predicted octanol–water partition coefficient (Wildman–Crippen LogP) is 2.33. The molecule has 2 aromatic carbocycles. The topological polar surface area (TPSA) is 84.9 Å². The number of nitrogens with zero attached hydrogens (tertiary/aromatic N) is 1. The van der Waals surface area contributed by atoms with E-state index in [1.165, 1.54) is 4.31 Å². The van der Waals surface area contributed by atoms with E-state index in [0.717, 1.165) is 28.7 Å². The van der Waals surface area contributed by atoms with Gasteiger partial charge in [-0.25, -0.2) is 8.42 Å². The number of nitrogens with one attached hydrogen (secondary N) is 1. The number of ether oxygens (including phenoxy) is 2. The molecule has 8 heteroatoms. The van der Waals surface area contributed by atoms with Crippen LogP contribution < -0.4 is 19.1 Å². The van der Waals surface area contributed by atoms with Crippen molar-refractivity contribution >= 4 is 21.6 Å². The van der Waals surface area contributed by atoms with Crippen LogP contribution in [0.15, 0.2) is 36.4 Å². The average Bonchev–Trinajstić information content (AvgIpc) is 2.64. The van der Waals surface area contributed by atoms with Crippen LogP contribution in [0, 0.1) is 20.8 Å². The monoisotopic (exact) mass is 418 g/mol. The Bertz CT molecular complexity index is 1020. The summed E-state index contributed by atoms with van der Waals surface area (Å²) in [7, 11) is -3.54. The zero-order chi connectivity index (χ0) is 21.2. The smallest absolute Gasteiger partial charge is 0.263 e. The van der Waals surface area contributed by atoms with Crippen molar-refractivity contribution in [3.05, 3.63) is 53.1 Å². The van der Waals surface area contributed by atoms with Gasteiger partial charge in [0.05, 0.1) is 25.0 Å². The molecule has 29 heavy (non-hydrogen) atoms. The quantitative estimate of drug-likeness (QED) is 0.728. The van der Waals surface area contributed by atoms with Gasteiger partial charge in [-0.15, -0.1) is 0 Å². The minimum atomic E-state index is -3.54. The van der Waals surface area contributed by atoms with E-state index in [-0.39, 0.29) is 19.0 Å². The minimum absolute atomic E-state index is 0.0708. The number of fused-ring (bicyclic) bond motifs is 1. The summed E-state index contributed by atoms with van der Waals surface area (Å²) in [6.45, 7) is 6.37. The summed E-state index contributed by atoms with van der Waals surface area (Å²) in [6.07, 6.45) is 0.189. The first-order valence-corrected chi connectivity index (χ1v) is 11.2. The summed E-state index contributed by atoms with van der Waals surface area (Å²) in [5.41, 5.74) is 3.55. The molecular weight excluding hydrogens is 392 g/mol. The lowest BCUT2D eigenvalue weighted by molar-refractivity contribution is -0.127. The molecule has 1 aliphatic rings. The maximum Gasteiger partial charge on any atom is 0.263 e. The lowest BCUT2D eigenvalue weighted by Crippen LogP contribution is -2.51. The molecule has 0 bridgehead atoms. The number of sulfonamides is 1. The van der Waals surface area contributed by atoms with E-state index in [0.29, 0.717) is 18.0 Å². The van der Waals surface area contributed by atoms with Gasteiger partial charge in [0.2, 0.25) is 10.0 Å². The molecule has 1 aliphatic heterocycles. The lowest BCUT2D eigenvalue weighted by atomic mass is 10.1. The molecule has 1 atom stereocenters. The van der Waals surface area contributed by atoms with Crippen LogP contribution in [0.5, 0.6) is 11.5 Å². The molecule has 0 radical (unpaired) electrons. The SMILES string of the molecule is Cc1ccc(OCCNC(=O)[C@H]2CN(S(C)(=O)=O)c3ccc(C)cc3O2)c(C)c1.